The summed E-state index contributed by atoms with van der Waals surface area (Å²) >= 11 is 0. The standard InChI is InChI=1S/C29H38N6O5/c1-34(2)17-8-6-5-7-15-30-27(36)21-10-9-11-23(18-21)32-28-31-16-14-26(33-28)35(29(37)38)20-22-19-24(39-3)12-13-25(22)40-4/h9-14,16,18-19H,5-8,15,17,20H2,1-4H3,(H,30,36)(H,37,38)(H,31,32,33). The summed E-state index contributed by atoms with van der Waals surface area (Å²) in [5.74, 6) is 1.32. The zero-order chi connectivity index (χ0) is 28.9. The highest BCUT2D eigenvalue weighted by atomic mass is 16.5. The highest BCUT2D eigenvalue weighted by Gasteiger charge is 2.20. The first-order valence-corrected chi connectivity index (χ1v) is 13.1. The normalized spacial score (nSPS) is 10.7. The molecule has 11 nitrogen and oxygen atoms in total. The van der Waals surface area contributed by atoms with Gasteiger partial charge >= 0.3 is 6.09 Å². The van der Waals surface area contributed by atoms with Gasteiger partial charge in [-0.2, -0.15) is 4.98 Å². The minimum absolute atomic E-state index is 0.0164. The molecule has 3 rings (SSSR count). The lowest BCUT2D eigenvalue weighted by atomic mass is 10.1. The quantitative estimate of drug-likeness (QED) is 0.229. The van der Waals surface area contributed by atoms with Crippen LogP contribution in [0.2, 0.25) is 0 Å². The molecule has 0 aliphatic heterocycles. The Balaban J connectivity index is 1.64. The van der Waals surface area contributed by atoms with Gasteiger partial charge < -0.3 is 30.1 Å². The second kappa shape index (κ2) is 15.3. The van der Waals surface area contributed by atoms with Crippen LogP contribution >= 0.6 is 0 Å². The number of nitrogens with zero attached hydrogens (tertiary/aromatic N) is 4. The van der Waals surface area contributed by atoms with Gasteiger partial charge in [-0.15, -0.1) is 0 Å². The van der Waals surface area contributed by atoms with E-state index in [1.54, 1.807) is 42.5 Å². The number of nitrogens with one attached hydrogen (secondary N) is 2. The van der Waals surface area contributed by atoms with Crippen LogP contribution in [0.3, 0.4) is 0 Å². The van der Waals surface area contributed by atoms with Crippen LogP contribution in [0.1, 0.15) is 41.6 Å². The fraction of sp³-hybridized carbons (Fsp3) is 0.379. The van der Waals surface area contributed by atoms with Gasteiger partial charge in [0.05, 0.1) is 20.8 Å². The Kier molecular flexibility index (Phi) is 11.5. The predicted molar refractivity (Wildman–Crippen MR) is 155 cm³/mol. The number of amides is 2. The summed E-state index contributed by atoms with van der Waals surface area (Å²) in [6.07, 6.45) is 4.57. The lowest BCUT2D eigenvalue weighted by molar-refractivity contribution is 0.0953. The maximum Gasteiger partial charge on any atom is 0.413 e. The Bertz CT molecular complexity index is 1270. The van der Waals surface area contributed by atoms with Gasteiger partial charge in [0.25, 0.3) is 5.91 Å². The van der Waals surface area contributed by atoms with Crippen molar-refractivity contribution in [3.8, 4) is 11.5 Å². The molecule has 0 bridgehead atoms. The number of methoxy groups -OCH3 is 2. The van der Waals surface area contributed by atoms with E-state index in [0.29, 0.717) is 34.9 Å². The minimum atomic E-state index is -1.19. The third-order valence-electron chi connectivity index (χ3n) is 6.16. The SMILES string of the molecule is COc1ccc(OC)c(CN(C(=O)O)c2ccnc(Nc3cccc(C(=O)NCCCCCCN(C)C)c3)n2)c1. The Hall–Kier alpha value is -4.38. The van der Waals surface area contributed by atoms with Crippen LogP contribution in [0.4, 0.5) is 22.2 Å². The number of unbranched alkanes of at least 4 members (excludes halogenated alkanes) is 3. The molecular formula is C29H38N6O5. The van der Waals surface area contributed by atoms with Crippen molar-refractivity contribution in [2.45, 2.75) is 32.2 Å². The molecule has 0 radical (unpaired) electrons. The average molecular weight is 551 g/mol. The molecule has 1 aromatic heterocycles. The van der Waals surface area contributed by atoms with E-state index in [0.717, 1.165) is 37.1 Å². The fourth-order valence-electron chi connectivity index (χ4n) is 4.06. The molecule has 0 saturated heterocycles. The van der Waals surface area contributed by atoms with Crippen LogP contribution in [-0.2, 0) is 6.54 Å². The van der Waals surface area contributed by atoms with Gasteiger partial charge in [0, 0.05) is 29.6 Å². The molecule has 2 amide bonds. The highest BCUT2D eigenvalue weighted by molar-refractivity contribution is 5.95. The average Bonchev–Trinajstić information content (AvgIpc) is 2.95. The highest BCUT2D eigenvalue weighted by Crippen LogP contribution is 2.27. The van der Waals surface area contributed by atoms with Crippen molar-refractivity contribution in [3.63, 3.8) is 0 Å². The molecule has 11 heteroatoms. The number of carbonyl (C=O) groups is 2. The topological polar surface area (TPSA) is 129 Å². The molecule has 0 atom stereocenters. The molecule has 0 unspecified atom stereocenters. The van der Waals surface area contributed by atoms with E-state index >= 15 is 0 Å². The van der Waals surface area contributed by atoms with Crippen molar-refractivity contribution in [3.05, 3.63) is 65.9 Å². The van der Waals surface area contributed by atoms with E-state index in [9.17, 15) is 14.7 Å². The zero-order valence-electron chi connectivity index (χ0n) is 23.5. The summed E-state index contributed by atoms with van der Waals surface area (Å²) in [6, 6.07) is 13.7. The van der Waals surface area contributed by atoms with Crippen molar-refractivity contribution in [2.24, 2.45) is 0 Å². The molecule has 0 spiro atoms. The van der Waals surface area contributed by atoms with Crippen LogP contribution in [0.25, 0.3) is 0 Å². The van der Waals surface area contributed by atoms with Crippen LogP contribution < -0.4 is 25.0 Å². The first-order valence-electron chi connectivity index (χ1n) is 13.1. The maximum absolute atomic E-state index is 12.6. The minimum Gasteiger partial charge on any atom is -0.497 e. The fourth-order valence-corrected chi connectivity index (χ4v) is 4.06. The second-order valence-corrected chi connectivity index (χ2v) is 9.46. The Labute approximate surface area is 235 Å². The van der Waals surface area contributed by atoms with Crippen molar-refractivity contribution >= 4 is 29.5 Å². The second-order valence-electron chi connectivity index (χ2n) is 9.46. The van der Waals surface area contributed by atoms with Crippen LogP contribution in [0.5, 0.6) is 11.5 Å². The number of carboxylic acid groups (broad SMARTS) is 1. The van der Waals surface area contributed by atoms with Crippen molar-refractivity contribution in [1.29, 1.82) is 0 Å². The number of benzene rings is 2. The molecule has 0 aliphatic carbocycles. The summed E-state index contributed by atoms with van der Waals surface area (Å²) in [6.45, 7) is 1.67. The number of hydrogen-bond acceptors (Lipinski definition) is 8. The molecule has 3 aromatic rings. The Morgan fingerprint density at radius 1 is 0.975 bits per heavy atom. The van der Waals surface area contributed by atoms with Gasteiger partial charge in [-0.05, 0) is 75.9 Å². The largest absolute Gasteiger partial charge is 0.497 e. The number of aromatic nitrogens is 2. The van der Waals surface area contributed by atoms with E-state index in [-0.39, 0.29) is 24.2 Å². The molecule has 2 aromatic carbocycles. The van der Waals surface area contributed by atoms with Gasteiger partial charge in [-0.3, -0.25) is 9.69 Å². The predicted octanol–water partition coefficient (Wildman–Crippen LogP) is 4.77. The van der Waals surface area contributed by atoms with Crippen molar-refractivity contribution in [1.82, 2.24) is 20.2 Å². The van der Waals surface area contributed by atoms with E-state index in [4.69, 9.17) is 9.47 Å². The van der Waals surface area contributed by atoms with Gasteiger partial charge in [-0.1, -0.05) is 18.9 Å². The third-order valence-corrected chi connectivity index (χ3v) is 6.16. The smallest absolute Gasteiger partial charge is 0.413 e. The summed E-state index contributed by atoms with van der Waals surface area (Å²) in [5.41, 5.74) is 1.72. The van der Waals surface area contributed by atoms with E-state index in [1.807, 2.05) is 0 Å². The molecule has 3 N–H and O–H groups in total. The number of carbonyl (C=O) groups excluding carboxylic acids is 1. The summed E-state index contributed by atoms with van der Waals surface area (Å²) in [7, 11) is 7.19. The van der Waals surface area contributed by atoms with Crippen molar-refractivity contribution < 1.29 is 24.2 Å². The zero-order valence-corrected chi connectivity index (χ0v) is 23.5. The molecule has 0 aliphatic rings. The van der Waals surface area contributed by atoms with Gasteiger partial charge in [-0.25, -0.2) is 9.78 Å². The summed E-state index contributed by atoms with van der Waals surface area (Å²) in [4.78, 5) is 36.7. The summed E-state index contributed by atoms with van der Waals surface area (Å²) in [5, 5.41) is 16.0. The lowest BCUT2D eigenvalue weighted by Gasteiger charge is -2.20. The van der Waals surface area contributed by atoms with Crippen LogP contribution in [0.15, 0.2) is 54.7 Å². The van der Waals surface area contributed by atoms with Crippen LogP contribution in [0, 0.1) is 0 Å². The summed E-state index contributed by atoms with van der Waals surface area (Å²) < 4.78 is 10.7. The number of ether oxygens (including phenoxy) is 2. The molecule has 0 fully saturated rings. The van der Waals surface area contributed by atoms with Gasteiger partial charge in [0.2, 0.25) is 5.95 Å². The number of anilines is 3. The molecule has 0 saturated carbocycles. The molecule has 40 heavy (non-hydrogen) atoms. The van der Waals surface area contributed by atoms with Crippen LogP contribution in [-0.4, -0.2) is 73.4 Å². The number of rotatable bonds is 15. The molecule has 1 heterocycles. The first kappa shape index (κ1) is 30.2. The monoisotopic (exact) mass is 550 g/mol. The van der Waals surface area contributed by atoms with Gasteiger partial charge in [0.15, 0.2) is 0 Å². The molecule has 214 valence electrons. The Morgan fingerprint density at radius 2 is 1.77 bits per heavy atom. The Morgan fingerprint density at radius 3 is 2.50 bits per heavy atom. The van der Waals surface area contributed by atoms with E-state index in [2.05, 4.69) is 39.6 Å². The third kappa shape index (κ3) is 9.12. The van der Waals surface area contributed by atoms with Crippen molar-refractivity contribution in [2.75, 3.05) is 51.6 Å². The van der Waals surface area contributed by atoms with E-state index < -0.39 is 6.09 Å². The maximum atomic E-state index is 12.6. The number of hydrogen-bond donors (Lipinski definition) is 3. The van der Waals surface area contributed by atoms with Gasteiger partial charge in [0.1, 0.15) is 17.3 Å². The van der Waals surface area contributed by atoms with E-state index in [1.165, 1.54) is 26.5 Å². The first-order chi connectivity index (χ1) is 19.3. The lowest BCUT2D eigenvalue weighted by Crippen LogP contribution is -2.29. The molecular weight excluding hydrogens is 512 g/mol.